The van der Waals surface area contributed by atoms with Gasteiger partial charge in [-0.15, -0.1) is 0 Å². The van der Waals surface area contributed by atoms with Crippen LogP contribution in [0, 0.1) is 0 Å². The summed E-state index contributed by atoms with van der Waals surface area (Å²) in [5.74, 6) is 0.736. The van der Waals surface area contributed by atoms with Crippen LogP contribution in [0.3, 0.4) is 0 Å². The standard InChI is InChI=1S/C23H26N2O6/c1-14-19(22(26)31-11-10-15-8-6-5-7-9-15)20(25-23(27)24-14)16-12-17(28-2)21(30-4)18(13-16)29-3/h5-9,12-13,20H,10-11H2,1-4H3,(H2,24,25,27)/t20-/m0/s1. The smallest absolute Gasteiger partial charge is 0.338 e. The predicted octanol–water partition coefficient (Wildman–Crippen LogP) is 3.13. The summed E-state index contributed by atoms with van der Waals surface area (Å²) in [6, 6.07) is 12.0. The molecule has 0 saturated carbocycles. The molecule has 0 saturated heterocycles. The molecule has 0 unspecified atom stereocenters. The second-order valence-electron chi connectivity index (χ2n) is 6.90. The van der Waals surface area contributed by atoms with Gasteiger partial charge in [-0.25, -0.2) is 9.59 Å². The quantitative estimate of drug-likeness (QED) is 0.630. The lowest BCUT2D eigenvalue weighted by Gasteiger charge is -2.29. The van der Waals surface area contributed by atoms with E-state index in [1.54, 1.807) is 19.1 Å². The Morgan fingerprint density at radius 3 is 2.23 bits per heavy atom. The van der Waals surface area contributed by atoms with Crippen molar-refractivity contribution >= 4 is 12.0 Å². The third-order valence-corrected chi connectivity index (χ3v) is 4.98. The number of amides is 2. The number of hydrogen-bond acceptors (Lipinski definition) is 6. The first-order chi connectivity index (χ1) is 15.0. The van der Waals surface area contributed by atoms with Crippen molar-refractivity contribution in [1.82, 2.24) is 10.6 Å². The molecule has 0 spiro atoms. The molecule has 8 heteroatoms. The number of methoxy groups -OCH3 is 3. The van der Waals surface area contributed by atoms with Crippen molar-refractivity contribution in [1.29, 1.82) is 0 Å². The zero-order valence-electron chi connectivity index (χ0n) is 18.0. The van der Waals surface area contributed by atoms with Crippen molar-refractivity contribution in [2.45, 2.75) is 19.4 Å². The molecule has 0 bridgehead atoms. The highest BCUT2D eigenvalue weighted by Gasteiger charge is 2.33. The molecule has 0 aromatic heterocycles. The van der Waals surface area contributed by atoms with Gasteiger partial charge in [0.05, 0.1) is 39.6 Å². The number of allylic oxidation sites excluding steroid dienone is 1. The molecule has 164 valence electrons. The molecule has 0 fully saturated rings. The molecule has 2 aromatic carbocycles. The average Bonchev–Trinajstić information content (AvgIpc) is 2.78. The second kappa shape index (κ2) is 9.88. The molecule has 2 N–H and O–H groups in total. The van der Waals surface area contributed by atoms with Crippen LogP contribution in [0.4, 0.5) is 4.79 Å². The first-order valence-corrected chi connectivity index (χ1v) is 9.77. The van der Waals surface area contributed by atoms with E-state index in [2.05, 4.69) is 10.6 Å². The van der Waals surface area contributed by atoms with Gasteiger partial charge >= 0.3 is 12.0 Å². The van der Waals surface area contributed by atoms with Gasteiger partial charge in [-0.1, -0.05) is 30.3 Å². The molecule has 1 heterocycles. The topological polar surface area (TPSA) is 95.1 Å². The Bertz CT molecular complexity index is 962. The normalized spacial score (nSPS) is 15.6. The number of carbonyl (C=O) groups excluding carboxylic acids is 2. The van der Waals surface area contributed by atoms with Crippen LogP contribution in [-0.4, -0.2) is 39.9 Å². The fourth-order valence-corrected chi connectivity index (χ4v) is 3.47. The minimum atomic E-state index is -0.744. The third kappa shape index (κ3) is 4.91. The van der Waals surface area contributed by atoms with Crippen LogP contribution < -0.4 is 24.8 Å². The molecular weight excluding hydrogens is 400 g/mol. The fraction of sp³-hybridized carbons (Fsp3) is 0.304. The molecule has 3 rings (SSSR count). The van der Waals surface area contributed by atoms with E-state index in [1.165, 1.54) is 21.3 Å². The summed E-state index contributed by atoms with van der Waals surface area (Å²) in [4.78, 5) is 25.1. The number of ether oxygens (including phenoxy) is 4. The van der Waals surface area contributed by atoms with Gasteiger partial charge in [0.2, 0.25) is 5.75 Å². The maximum atomic E-state index is 13.0. The zero-order chi connectivity index (χ0) is 22.4. The Labute approximate surface area is 181 Å². The van der Waals surface area contributed by atoms with Gasteiger partial charge in [-0.05, 0) is 30.2 Å². The van der Waals surface area contributed by atoms with E-state index >= 15 is 0 Å². The SMILES string of the molecule is COc1cc([C@@H]2NC(=O)NC(C)=C2C(=O)OCCc2ccccc2)cc(OC)c1OC. The summed E-state index contributed by atoms with van der Waals surface area (Å²) in [6.07, 6.45) is 0.591. The maximum Gasteiger partial charge on any atom is 0.338 e. The second-order valence-corrected chi connectivity index (χ2v) is 6.90. The summed E-state index contributed by atoms with van der Waals surface area (Å²) in [5.41, 5.74) is 2.39. The Balaban J connectivity index is 1.88. The largest absolute Gasteiger partial charge is 0.493 e. The lowest BCUT2D eigenvalue weighted by molar-refractivity contribution is -0.139. The van der Waals surface area contributed by atoms with Crippen molar-refractivity contribution in [3.8, 4) is 17.2 Å². The summed E-state index contributed by atoms with van der Waals surface area (Å²) >= 11 is 0. The highest BCUT2D eigenvalue weighted by Crippen LogP contribution is 2.41. The number of esters is 1. The van der Waals surface area contributed by atoms with Crippen LogP contribution in [0.2, 0.25) is 0 Å². The van der Waals surface area contributed by atoms with Crippen LogP contribution in [0.5, 0.6) is 17.2 Å². The van der Waals surface area contributed by atoms with E-state index in [0.717, 1.165) is 5.56 Å². The Hall–Kier alpha value is -3.68. The molecule has 8 nitrogen and oxygen atoms in total. The molecule has 2 aromatic rings. The van der Waals surface area contributed by atoms with Gasteiger partial charge in [0.15, 0.2) is 11.5 Å². The molecular formula is C23H26N2O6. The molecule has 31 heavy (non-hydrogen) atoms. The van der Waals surface area contributed by atoms with Gasteiger partial charge in [0.1, 0.15) is 0 Å². The Morgan fingerprint density at radius 1 is 1.00 bits per heavy atom. The van der Waals surface area contributed by atoms with E-state index in [4.69, 9.17) is 18.9 Å². The first kappa shape index (κ1) is 22.0. The molecule has 0 aliphatic carbocycles. The van der Waals surface area contributed by atoms with Crippen LogP contribution >= 0.6 is 0 Å². The Morgan fingerprint density at radius 2 is 1.65 bits per heavy atom. The number of hydrogen-bond donors (Lipinski definition) is 2. The van der Waals surface area contributed by atoms with Crippen LogP contribution in [0.1, 0.15) is 24.1 Å². The van der Waals surface area contributed by atoms with E-state index in [0.29, 0.717) is 40.5 Å². The van der Waals surface area contributed by atoms with Crippen molar-refractivity contribution < 1.29 is 28.5 Å². The van der Waals surface area contributed by atoms with E-state index in [1.807, 2.05) is 30.3 Å². The van der Waals surface area contributed by atoms with Gasteiger partial charge in [0, 0.05) is 12.1 Å². The monoisotopic (exact) mass is 426 g/mol. The lowest BCUT2D eigenvalue weighted by Crippen LogP contribution is -2.45. The van der Waals surface area contributed by atoms with Crippen molar-refractivity contribution in [3.63, 3.8) is 0 Å². The molecule has 2 amide bonds. The van der Waals surface area contributed by atoms with Gasteiger partial charge < -0.3 is 29.6 Å². The van der Waals surface area contributed by atoms with Crippen molar-refractivity contribution in [2.75, 3.05) is 27.9 Å². The van der Waals surface area contributed by atoms with Crippen molar-refractivity contribution in [2.24, 2.45) is 0 Å². The predicted molar refractivity (Wildman–Crippen MR) is 114 cm³/mol. The zero-order valence-corrected chi connectivity index (χ0v) is 18.0. The Kier molecular flexibility index (Phi) is 7.02. The van der Waals surface area contributed by atoms with Crippen molar-refractivity contribution in [3.05, 3.63) is 64.9 Å². The number of rotatable bonds is 8. The summed E-state index contributed by atoms with van der Waals surface area (Å²) < 4.78 is 21.7. The van der Waals surface area contributed by atoms with Gasteiger partial charge in [-0.2, -0.15) is 0 Å². The molecule has 1 atom stereocenters. The first-order valence-electron chi connectivity index (χ1n) is 9.77. The average molecular weight is 426 g/mol. The van der Waals surface area contributed by atoms with E-state index in [-0.39, 0.29) is 6.61 Å². The van der Waals surface area contributed by atoms with Gasteiger partial charge in [-0.3, -0.25) is 0 Å². The van der Waals surface area contributed by atoms with Crippen LogP contribution in [-0.2, 0) is 16.0 Å². The minimum Gasteiger partial charge on any atom is -0.493 e. The molecule has 0 radical (unpaired) electrons. The van der Waals surface area contributed by atoms with Crippen LogP contribution in [0.25, 0.3) is 0 Å². The van der Waals surface area contributed by atoms with Crippen LogP contribution in [0.15, 0.2) is 53.7 Å². The maximum absolute atomic E-state index is 13.0. The summed E-state index contributed by atoms with van der Waals surface area (Å²) in [6.45, 7) is 1.88. The van der Waals surface area contributed by atoms with E-state index < -0.39 is 18.0 Å². The third-order valence-electron chi connectivity index (χ3n) is 4.98. The molecule has 1 aliphatic rings. The van der Waals surface area contributed by atoms with E-state index in [9.17, 15) is 9.59 Å². The number of benzene rings is 2. The summed E-state index contributed by atoms with van der Waals surface area (Å²) in [7, 11) is 4.51. The highest BCUT2D eigenvalue weighted by atomic mass is 16.5. The summed E-state index contributed by atoms with van der Waals surface area (Å²) in [5, 5.41) is 5.42. The fourth-order valence-electron chi connectivity index (χ4n) is 3.47. The molecule has 1 aliphatic heterocycles. The number of carbonyl (C=O) groups is 2. The highest BCUT2D eigenvalue weighted by molar-refractivity contribution is 5.95. The number of nitrogens with one attached hydrogen (secondary N) is 2. The van der Waals surface area contributed by atoms with Gasteiger partial charge in [0.25, 0.3) is 0 Å². The minimum absolute atomic E-state index is 0.218. The lowest BCUT2D eigenvalue weighted by atomic mass is 9.95. The number of urea groups is 1.